The maximum Gasteiger partial charge on any atom is 0.306 e. The zero-order chi connectivity index (χ0) is 57.1. The quantitative estimate of drug-likeness (QED) is 0.0261. The highest BCUT2D eigenvalue weighted by atomic mass is 16.6. The Bertz CT molecular complexity index is 1320. The van der Waals surface area contributed by atoms with Gasteiger partial charge in [-0.1, -0.05) is 353 Å². The van der Waals surface area contributed by atoms with Crippen molar-refractivity contribution >= 4 is 17.9 Å². The van der Waals surface area contributed by atoms with E-state index in [1.807, 2.05) is 0 Å². The normalized spacial score (nSPS) is 12.2. The molecule has 0 amide bonds. The smallest absolute Gasteiger partial charge is 0.306 e. The highest BCUT2D eigenvalue weighted by Crippen LogP contribution is 2.19. The predicted octanol–water partition coefficient (Wildman–Crippen LogP) is 24.3. The van der Waals surface area contributed by atoms with Crippen molar-refractivity contribution in [3.8, 4) is 0 Å². The van der Waals surface area contributed by atoms with E-state index < -0.39 is 6.10 Å². The summed E-state index contributed by atoms with van der Waals surface area (Å²) in [5.41, 5.74) is 0. The molecule has 0 heterocycles. The first-order valence-corrected chi connectivity index (χ1v) is 35.5. The van der Waals surface area contributed by atoms with Crippen LogP contribution in [-0.2, 0) is 28.6 Å². The van der Waals surface area contributed by atoms with Crippen molar-refractivity contribution < 1.29 is 28.6 Å². The maximum atomic E-state index is 12.9. The Morgan fingerprint density at radius 2 is 0.456 bits per heavy atom. The van der Waals surface area contributed by atoms with Crippen LogP contribution in [0.4, 0.5) is 0 Å². The van der Waals surface area contributed by atoms with E-state index in [0.29, 0.717) is 19.3 Å². The highest BCUT2D eigenvalue weighted by Gasteiger charge is 2.19. The first kappa shape index (κ1) is 76.6. The lowest BCUT2D eigenvalue weighted by atomic mass is 10.0. The summed E-state index contributed by atoms with van der Waals surface area (Å²) in [4.78, 5) is 38.2. The molecular weight excluding hydrogens is 973 g/mol. The van der Waals surface area contributed by atoms with Crippen LogP contribution in [0.15, 0.2) is 36.5 Å². The van der Waals surface area contributed by atoms with Gasteiger partial charge in [0, 0.05) is 19.3 Å². The molecule has 6 nitrogen and oxygen atoms in total. The Morgan fingerprint density at radius 3 is 0.709 bits per heavy atom. The molecule has 0 aromatic carbocycles. The lowest BCUT2D eigenvalue weighted by Gasteiger charge is -2.18. The molecule has 0 aliphatic heterocycles. The van der Waals surface area contributed by atoms with E-state index in [1.165, 1.54) is 283 Å². The van der Waals surface area contributed by atoms with Crippen LogP contribution in [0.5, 0.6) is 0 Å². The van der Waals surface area contributed by atoms with Gasteiger partial charge >= 0.3 is 17.9 Å². The van der Waals surface area contributed by atoms with E-state index >= 15 is 0 Å². The van der Waals surface area contributed by atoms with Gasteiger partial charge in [-0.15, -0.1) is 0 Å². The number of ether oxygens (including phenoxy) is 3. The number of esters is 3. The fourth-order valence-corrected chi connectivity index (χ4v) is 10.8. The first-order chi connectivity index (χ1) is 39.0. The van der Waals surface area contributed by atoms with Gasteiger partial charge in [0.1, 0.15) is 13.2 Å². The lowest BCUT2D eigenvalue weighted by molar-refractivity contribution is -0.167. The van der Waals surface area contributed by atoms with Crippen molar-refractivity contribution in [3.63, 3.8) is 0 Å². The van der Waals surface area contributed by atoms with Crippen molar-refractivity contribution in [3.05, 3.63) is 36.5 Å². The molecule has 0 aromatic rings. The Kier molecular flexibility index (Phi) is 66.1. The lowest BCUT2D eigenvalue weighted by Crippen LogP contribution is -2.30. The SMILES string of the molecule is CCCCCCC/C=C\C/C=C\C/C=C\CCCCCCCCCCCCCCCCCCC(=O)OCC(COC(=O)CCCCCCCCC)OC(=O)CCCCCCCCCCCCCCCCCCCCCCCCC. The molecule has 0 fully saturated rings. The molecule has 0 aromatic heterocycles. The van der Waals surface area contributed by atoms with Crippen molar-refractivity contribution in [2.24, 2.45) is 0 Å². The molecule has 0 spiro atoms. The van der Waals surface area contributed by atoms with Gasteiger partial charge in [-0.3, -0.25) is 14.4 Å². The number of carbonyl (C=O) groups is 3. The molecule has 1 atom stereocenters. The van der Waals surface area contributed by atoms with Crippen LogP contribution in [0.25, 0.3) is 0 Å². The molecule has 1 unspecified atom stereocenters. The Balaban J connectivity index is 4.01. The van der Waals surface area contributed by atoms with Gasteiger partial charge in [-0.2, -0.15) is 0 Å². The minimum Gasteiger partial charge on any atom is -0.462 e. The molecule has 0 aliphatic rings. The molecule has 0 saturated carbocycles. The van der Waals surface area contributed by atoms with Crippen molar-refractivity contribution in [2.75, 3.05) is 13.2 Å². The molecule has 0 bridgehead atoms. The standard InChI is InChI=1S/C73H136O6/c1-4-7-10-13-16-18-20-22-24-26-28-30-32-33-34-35-36-37-38-39-41-42-44-46-48-50-52-54-57-60-63-66-72(75)78-69-70(68-77-71(74)65-62-59-56-15-12-9-6-3)79-73(76)67-64-61-58-55-53-51-49-47-45-43-40-31-29-27-25-23-21-19-17-14-11-8-5-2/h20,22,26,28,32-33,70H,4-19,21,23-25,27,29-31,34-69H2,1-3H3/b22-20-,28-26-,33-32-. The second-order valence-electron chi connectivity index (χ2n) is 24.2. The number of hydrogen-bond donors (Lipinski definition) is 0. The Morgan fingerprint density at radius 1 is 0.253 bits per heavy atom. The van der Waals surface area contributed by atoms with E-state index in [4.69, 9.17) is 14.2 Å². The summed E-state index contributed by atoms with van der Waals surface area (Å²) in [7, 11) is 0. The van der Waals surface area contributed by atoms with Crippen molar-refractivity contribution in [1.29, 1.82) is 0 Å². The molecule has 0 saturated heterocycles. The summed E-state index contributed by atoms with van der Waals surface area (Å²) in [6.07, 6.45) is 85.0. The molecule has 79 heavy (non-hydrogen) atoms. The summed E-state index contributed by atoms with van der Waals surface area (Å²) < 4.78 is 16.9. The Labute approximate surface area is 493 Å². The van der Waals surface area contributed by atoms with Crippen LogP contribution in [0.1, 0.15) is 393 Å². The van der Waals surface area contributed by atoms with Gasteiger partial charge in [0.15, 0.2) is 6.10 Å². The van der Waals surface area contributed by atoms with E-state index in [1.54, 1.807) is 0 Å². The zero-order valence-corrected chi connectivity index (χ0v) is 53.4. The third kappa shape index (κ3) is 66.3. The predicted molar refractivity (Wildman–Crippen MR) is 344 cm³/mol. The average molecular weight is 1110 g/mol. The van der Waals surface area contributed by atoms with Crippen LogP contribution in [0, 0.1) is 0 Å². The molecule has 6 heteroatoms. The van der Waals surface area contributed by atoms with Crippen LogP contribution in [0.2, 0.25) is 0 Å². The molecule has 0 N–H and O–H groups in total. The highest BCUT2D eigenvalue weighted by molar-refractivity contribution is 5.71. The largest absolute Gasteiger partial charge is 0.462 e. The van der Waals surface area contributed by atoms with E-state index in [2.05, 4.69) is 57.2 Å². The van der Waals surface area contributed by atoms with Crippen LogP contribution >= 0.6 is 0 Å². The molecule has 0 rings (SSSR count). The minimum atomic E-state index is -0.766. The maximum absolute atomic E-state index is 12.9. The van der Waals surface area contributed by atoms with Gasteiger partial charge < -0.3 is 14.2 Å². The first-order valence-electron chi connectivity index (χ1n) is 35.5. The van der Waals surface area contributed by atoms with Gasteiger partial charge in [0.2, 0.25) is 0 Å². The summed E-state index contributed by atoms with van der Waals surface area (Å²) in [5, 5.41) is 0. The Hall–Kier alpha value is -2.37. The zero-order valence-electron chi connectivity index (χ0n) is 53.4. The summed E-state index contributed by atoms with van der Waals surface area (Å²) >= 11 is 0. The van der Waals surface area contributed by atoms with Crippen LogP contribution in [0.3, 0.4) is 0 Å². The third-order valence-electron chi connectivity index (χ3n) is 16.1. The number of allylic oxidation sites excluding steroid dienone is 6. The molecular formula is C73H136O6. The number of hydrogen-bond acceptors (Lipinski definition) is 6. The summed E-state index contributed by atoms with van der Waals surface area (Å²) in [5.74, 6) is -0.845. The number of rotatable bonds is 66. The fraction of sp³-hybridized carbons (Fsp3) is 0.877. The molecule has 0 radical (unpaired) electrons. The fourth-order valence-electron chi connectivity index (χ4n) is 10.8. The van der Waals surface area contributed by atoms with Crippen LogP contribution in [-0.4, -0.2) is 37.2 Å². The topological polar surface area (TPSA) is 78.9 Å². The van der Waals surface area contributed by atoms with Gasteiger partial charge in [0.25, 0.3) is 0 Å². The number of carbonyl (C=O) groups excluding carboxylic acids is 3. The van der Waals surface area contributed by atoms with Crippen LogP contribution < -0.4 is 0 Å². The molecule has 464 valence electrons. The number of unbranched alkanes of at least 4 members (excludes halogenated alkanes) is 49. The van der Waals surface area contributed by atoms with E-state index in [-0.39, 0.29) is 31.1 Å². The second-order valence-corrected chi connectivity index (χ2v) is 24.2. The van der Waals surface area contributed by atoms with Gasteiger partial charge in [0.05, 0.1) is 0 Å². The van der Waals surface area contributed by atoms with E-state index in [9.17, 15) is 14.4 Å². The van der Waals surface area contributed by atoms with Gasteiger partial charge in [-0.25, -0.2) is 0 Å². The van der Waals surface area contributed by atoms with Crippen molar-refractivity contribution in [1.82, 2.24) is 0 Å². The van der Waals surface area contributed by atoms with Crippen molar-refractivity contribution in [2.45, 2.75) is 399 Å². The second kappa shape index (κ2) is 68.1. The molecule has 0 aliphatic carbocycles. The summed E-state index contributed by atoms with van der Waals surface area (Å²) in [6.45, 7) is 6.66. The van der Waals surface area contributed by atoms with Gasteiger partial charge in [-0.05, 0) is 57.8 Å². The third-order valence-corrected chi connectivity index (χ3v) is 16.1. The van der Waals surface area contributed by atoms with E-state index in [0.717, 1.165) is 70.6 Å². The minimum absolute atomic E-state index is 0.0660. The monoisotopic (exact) mass is 1110 g/mol. The average Bonchev–Trinajstić information content (AvgIpc) is 3.45. The summed E-state index contributed by atoms with van der Waals surface area (Å²) in [6, 6.07) is 0.